The van der Waals surface area contributed by atoms with Gasteiger partial charge in [-0.15, -0.1) is 0 Å². The van der Waals surface area contributed by atoms with Crippen molar-refractivity contribution in [2.75, 3.05) is 19.0 Å². The standard InChI is InChI=1S/C14H15ClN2/c1-10-6-4-5-7-12(10)11-8-13(15)16-14(9-11)17(2)3/h4-9H,1-3H3. The van der Waals surface area contributed by atoms with Crippen molar-refractivity contribution in [2.24, 2.45) is 0 Å². The second-order valence-corrected chi connectivity index (χ2v) is 4.63. The normalized spacial score (nSPS) is 10.4. The SMILES string of the molecule is Cc1ccccc1-c1cc(Cl)nc(N(C)C)c1. The molecule has 2 nitrogen and oxygen atoms in total. The monoisotopic (exact) mass is 246 g/mol. The number of halogens is 1. The second-order valence-electron chi connectivity index (χ2n) is 4.25. The molecule has 0 saturated heterocycles. The van der Waals surface area contributed by atoms with Crippen LogP contribution in [0.5, 0.6) is 0 Å². The topological polar surface area (TPSA) is 16.1 Å². The second kappa shape index (κ2) is 4.76. The van der Waals surface area contributed by atoms with Crippen molar-refractivity contribution in [3.63, 3.8) is 0 Å². The fourth-order valence-electron chi connectivity index (χ4n) is 1.76. The van der Waals surface area contributed by atoms with Gasteiger partial charge in [-0.25, -0.2) is 4.98 Å². The number of pyridine rings is 1. The summed E-state index contributed by atoms with van der Waals surface area (Å²) in [7, 11) is 3.92. The van der Waals surface area contributed by atoms with Gasteiger partial charge in [0.15, 0.2) is 0 Å². The van der Waals surface area contributed by atoms with E-state index in [1.165, 1.54) is 11.1 Å². The van der Waals surface area contributed by atoms with E-state index in [9.17, 15) is 0 Å². The Labute approximate surface area is 107 Å². The Morgan fingerprint density at radius 3 is 2.47 bits per heavy atom. The number of anilines is 1. The molecule has 0 aliphatic heterocycles. The van der Waals surface area contributed by atoms with Crippen molar-refractivity contribution in [2.45, 2.75) is 6.92 Å². The van der Waals surface area contributed by atoms with Crippen LogP contribution in [0.3, 0.4) is 0 Å². The Morgan fingerprint density at radius 1 is 1.12 bits per heavy atom. The average molecular weight is 247 g/mol. The molecule has 0 atom stereocenters. The Morgan fingerprint density at radius 2 is 1.82 bits per heavy atom. The summed E-state index contributed by atoms with van der Waals surface area (Å²) in [6.45, 7) is 2.10. The van der Waals surface area contributed by atoms with Gasteiger partial charge in [0.1, 0.15) is 11.0 Å². The van der Waals surface area contributed by atoms with Crippen molar-refractivity contribution in [3.8, 4) is 11.1 Å². The molecule has 1 aromatic carbocycles. The first-order chi connectivity index (χ1) is 8.08. The molecule has 0 spiro atoms. The molecule has 2 rings (SSSR count). The third kappa shape index (κ3) is 2.59. The zero-order valence-electron chi connectivity index (χ0n) is 10.2. The maximum Gasteiger partial charge on any atom is 0.132 e. The first kappa shape index (κ1) is 11.9. The molecule has 17 heavy (non-hydrogen) atoms. The Kier molecular flexibility index (Phi) is 3.34. The van der Waals surface area contributed by atoms with Crippen LogP contribution >= 0.6 is 11.6 Å². The first-order valence-corrected chi connectivity index (χ1v) is 5.86. The highest BCUT2D eigenvalue weighted by molar-refractivity contribution is 6.29. The molecule has 3 heteroatoms. The molecule has 0 aliphatic rings. The molecule has 2 aromatic rings. The number of aromatic nitrogens is 1. The van der Waals surface area contributed by atoms with Gasteiger partial charge in [0.25, 0.3) is 0 Å². The van der Waals surface area contributed by atoms with E-state index in [0.29, 0.717) is 5.15 Å². The summed E-state index contributed by atoms with van der Waals surface area (Å²) in [6, 6.07) is 12.2. The lowest BCUT2D eigenvalue weighted by molar-refractivity contribution is 1.07. The van der Waals surface area contributed by atoms with Crippen molar-refractivity contribution >= 4 is 17.4 Å². The summed E-state index contributed by atoms with van der Waals surface area (Å²) in [6.07, 6.45) is 0. The Balaban J connectivity index is 2.56. The van der Waals surface area contributed by atoms with Crippen LogP contribution in [-0.2, 0) is 0 Å². The number of hydrogen-bond donors (Lipinski definition) is 0. The van der Waals surface area contributed by atoms with E-state index < -0.39 is 0 Å². The summed E-state index contributed by atoms with van der Waals surface area (Å²) in [5.41, 5.74) is 3.53. The highest BCUT2D eigenvalue weighted by Crippen LogP contribution is 2.27. The number of hydrogen-bond acceptors (Lipinski definition) is 2. The maximum absolute atomic E-state index is 6.06. The van der Waals surface area contributed by atoms with Gasteiger partial charge in [-0.3, -0.25) is 0 Å². The average Bonchev–Trinajstić information content (AvgIpc) is 2.28. The van der Waals surface area contributed by atoms with E-state index in [2.05, 4.69) is 24.0 Å². The number of rotatable bonds is 2. The molecular weight excluding hydrogens is 232 g/mol. The number of aryl methyl sites for hydroxylation is 1. The molecule has 0 radical (unpaired) electrons. The van der Waals surface area contributed by atoms with Gasteiger partial charge in [0.05, 0.1) is 0 Å². The molecule has 88 valence electrons. The van der Waals surface area contributed by atoms with E-state index in [1.54, 1.807) is 0 Å². The molecule has 0 saturated carbocycles. The first-order valence-electron chi connectivity index (χ1n) is 5.49. The van der Waals surface area contributed by atoms with Gasteiger partial charge in [-0.1, -0.05) is 35.9 Å². The third-order valence-electron chi connectivity index (χ3n) is 2.69. The van der Waals surface area contributed by atoms with Crippen molar-refractivity contribution in [3.05, 3.63) is 47.1 Å². The minimum absolute atomic E-state index is 0.523. The molecule has 1 aromatic heterocycles. The van der Waals surface area contributed by atoms with Crippen LogP contribution in [0.4, 0.5) is 5.82 Å². The molecule has 0 aliphatic carbocycles. The third-order valence-corrected chi connectivity index (χ3v) is 2.89. The molecule has 0 unspecified atom stereocenters. The van der Waals surface area contributed by atoms with Crippen LogP contribution in [0, 0.1) is 6.92 Å². The zero-order chi connectivity index (χ0) is 12.4. The predicted molar refractivity (Wildman–Crippen MR) is 73.7 cm³/mol. The van der Waals surface area contributed by atoms with Gasteiger partial charge < -0.3 is 4.90 Å². The predicted octanol–water partition coefficient (Wildman–Crippen LogP) is 3.78. The van der Waals surface area contributed by atoms with Gasteiger partial charge >= 0.3 is 0 Å². The van der Waals surface area contributed by atoms with Crippen LogP contribution < -0.4 is 4.90 Å². The maximum atomic E-state index is 6.06. The van der Waals surface area contributed by atoms with E-state index in [-0.39, 0.29) is 0 Å². The highest BCUT2D eigenvalue weighted by Gasteiger charge is 2.06. The lowest BCUT2D eigenvalue weighted by Crippen LogP contribution is -2.10. The number of benzene rings is 1. The van der Waals surface area contributed by atoms with Crippen molar-refractivity contribution in [1.29, 1.82) is 0 Å². The van der Waals surface area contributed by atoms with Crippen molar-refractivity contribution < 1.29 is 0 Å². The fourth-order valence-corrected chi connectivity index (χ4v) is 1.97. The number of nitrogens with zero attached hydrogens (tertiary/aromatic N) is 2. The molecule has 0 amide bonds. The molecular formula is C14H15ClN2. The molecule has 0 N–H and O–H groups in total. The lowest BCUT2D eigenvalue weighted by atomic mass is 10.0. The van der Waals surface area contributed by atoms with Gasteiger partial charge in [-0.2, -0.15) is 0 Å². The summed E-state index contributed by atoms with van der Waals surface area (Å²) < 4.78 is 0. The molecule has 0 fully saturated rings. The Hall–Kier alpha value is -1.54. The molecule has 0 bridgehead atoms. The summed E-state index contributed by atoms with van der Waals surface area (Å²) in [5.74, 6) is 0.871. The summed E-state index contributed by atoms with van der Waals surface area (Å²) in [4.78, 5) is 6.23. The smallest absolute Gasteiger partial charge is 0.132 e. The van der Waals surface area contributed by atoms with Crippen molar-refractivity contribution in [1.82, 2.24) is 4.98 Å². The minimum atomic E-state index is 0.523. The van der Waals surface area contributed by atoms with Crippen LogP contribution in [0.2, 0.25) is 5.15 Å². The lowest BCUT2D eigenvalue weighted by Gasteiger charge is -2.14. The van der Waals surface area contributed by atoms with Crippen LogP contribution in [0.1, 0.15) is 5.56 Å². The Bertz CT molecular complexity index is 535. The van der Waals surface area contributed by atoms with Gasteiger partial charge in [0.2, 0.25) is 0 Å². The van der Waals surface area contributed by atoms with Crippen LogP contribution in [0.15, 0.2) is 36.4 Å². The van der Waals surface area contributed by atoms with Gasteiger partial charge in [0, 0.05) is 14.1 Å². The largest absolute Gasteiger partial charge is 0.363 e. The fraction of sp³-hybridized carbons (Fsp3) is 0.214. The quantitative estimate of drug-likeness (QED) is 0.750. The van der Waals surface area contributed by atoms with Gasteiger partial charge in [-0.05, 0) is 35.7 Å². The summed E-state index contributed by atoms with van der Waals surface area (Å²) in [5, 5.41) is 0.523. The van der Waals surface area contributed by atoms with Crippen LogP contribution in [-0.4, -0.2) is 19.1 Å². The highest BCUT2D eigenvalue weighted by atomic mass is 35.5. The van der Waals surface area contributed by atoms with Crippen LogP contribution in [0.25, 0.3) is 11.1 Å². The minimum Gasteiger partial charge on any atom is -0.363 e. The van der Waals surface area contributed by atoms with E-state index in [0.717, 1.165) is 11.4 Å². The van der Waals surface area contributed by atoms with E-state index >= 15 is 0 Å². The molecule has 1 heterocycles. The zero-order valence-corrected chi connectivity index (χ0v) is 11.0. The van der Waals surface area contributed by atoms with E-state index in [4.69, 9.17) is 11.6 Å². The van der Waals surface area contributed by atoms with E-state index in [1.807, 2.05) is 43.3 Å². The summed E-state index contributed by atoms with van der Waals surface area (Å²) >= 11 is 6.06.